The van der Waals surface area contributed by atoms with Gasteiger partial charge in [-0.2, -0.15) is 11.8 Å². The van der Waals surface area contributed by atoms with Gasteiger partial charge in [0, 0.05) is 15.5 Å². The van der Waals surface area contributed by atoms with Crippen LogP contribution in [0.1, 0.15) is 57.3 Å². The monoisotopic (exact) mass is 284 g/mol. The first-order valence-corrected chi connectivity index (χ1v) is 8.78. The zero-order chi connectivity index (χ0) is 13.4. The van der Waals surface area contributed by atoms with Crippen molar-refractivity contribution in [1.82, 2.24) is 10.3 Å². The summed E-state index contributed by atoms with van der Waals surface area (Å²) in [6.07, 6.45) is 4.86. The molecule has 102 valence electrons. The first-order valence-electron chi connectivity index (χ1n) is 6.67. The topological polar surface area (TPSA) is 24.9 Å². The molecule has 0 saturated heterocycles. The van der Waals surface area contributed by atoms with Crippen LogP contribution >= 0.6 is 23.1 Å². The van der Waals surface area contributed by atoms with Crippen molar-refractivity contribution in [2.24, 2.45) is 0 Å². The van der Waals surface area contributed by atoms with Gasteiger partial charge in [-0.3, -0.25) is 0 Å². The molecule has 1 aromatic rings. The Labute approximate surface area is 119 Å². The number of rotatable bonds is 5. The van der Waals surface area contributed by atoms with Crippen LogP contribution in [0.25, 0.3) is 0 Å². The Morgan fingerprint density at radius 3 is 2.56 bits per heavy atom. The van der Waals surface area contributed by atoms with Crippen molar-refractivity contribution in [2.45, 2.75) is 56.7 Å². The number of hydrogen-bond donors (Lipinski definition) is 1. The van der Waals surface area contributed by atoms with Gasteiger partial charge in [-0.25, -0.2) is 4.98 Å². The minimum absolute atomic E-state index is 0.154. The van der Waals surface area contributed by atoms with E-state index in [1.165, 1.54) is 23.5 Å². The number of thiazole rings is 1. The third-order valence-corrected chi connectivity index (χ3v) is 5.99. The predicted octanol–water partition coefficient (Wildman–Crippen LogP) is 3.99. The second-order valence-electron chi connectivity index (χ2n) is 6.08. The summed E-state index contributed by atoms with van der Waals surface area (Å²) >= 11 is 3.82. The van der Waals surface area contributed by atoms with E-state index in [9.17, 15) is 0 Å². The number of thioether (sulfide) groups is 1. The summed E-state index contributed by atoms with van der Waals surface area (Å²) in [5.41, 5.74) is 1.38. The van der Waals surface area contributed by atoms with Crippen LogP contribution < -0.4 is 5.32 Å². The van der Waals surface area contributed by atoms with Gasteiger partial charge in [0.15, 0.2) is 0 Å². The van der Waals surface area contributed by atoms with E-state index in [0.717, 1.165) is 6.54 Å². The molecule has 4 heteroatoms. The summed E-state index contributed by atoms with van der Waals surface area (Å²) in [6.45, 7) is 9.89. The number of aromatic nitrogens is 1. The normalized spacial score (nSPS) is 19.8. The van der Waals surface area contributed by atoms with Crippen molar-refractivity contribution in [3.05, 3.63) is 16.1 Å². The van der Waals surface area contributed by atoms with Crippen LogP contribution in [0.3, 0.4) is 0 Å². The van der Waals surface area contributed by atoms with Crippen LogP contribution in [0.5, 0.6) is 0 Å². The Balaban J connectivity index is 2.24. The van der Waals surface area contributed by atoms with Gasteiger partial charge in [0.1, 0.15) is 5.01 Å². The molecule has 1 fully saturated rings. The van der Waals surface area contributed by atoms with Gasteiger partial charge >= 0.3 is 0 Å². The van der Waals surface area contributed by atoms with Crippen LogP contribution in [0.4, 0.5) is 0 Å². The lowest BCUT2D eigenvalue weighted by atomic mass is 9.93. The van der Waals surface area contributed by atoms with E-state index in [1.807, 2.05) is 23.1 Å². The van der Waals surface area contributed by atoms with Crippen molar-refractivity contribution in [3.63, 3.8) is 0 Å². The molecule has 0 spiro atoms. The molecule has 1 saturated carbocycles. The maximum Gasteiger partial charge on any atom is 0.111 e. The van der Waals surface area contributed by atoms with Gasteiger partial charge < -0.3 is 5.32 Å². The fourth-order valence-corrected chi connectivity index (χ4v) is 4.45. The third-order valence-electron chi connectivity index (χ3n) is 3.62. The first-order chi connectivity index (χ1) is 8.43. The second kappa shape index (κ2) is 5.14. The average Bonchev–Trinajstić information content (AvgIpc) is 2.93. The van der Waals surface area contributed by atoms with Crippen LogP contribution in [0.2, 0.25) is 0 Å². The Kier molecular flexibility index (Phi) is 4.10. The molecule has 1 aromatic heterocycles. The lowest BCUT2D eigenvalue weighted by Gasteiger charge is -2.24. The Morgan fingerprint density at radius 2 is 2.17 bits per heavy atom. The molecule has 0 radical (unpaired) electrons. The molecule has 0 aliphatic heterocycles. The van der Waals surface area contributed by atoms with Crippen molar-refractivity contribution in [1.29, 1.82) is 0 Å². The van der Waals surface area contributed by atoms with Crippen LogP contribution in [0, 0.1) is 0 Å². The Hall–Kier alpha value is -0.0600. The number of nitrogens with zero attached hydrogens (tertiary/aromatic N) is 1. The van der Waals surface area contributed by atoms with Gasteiger partial charge in [-0.1, -0.05) is 27.7 Å². The van der Waals surface area contributed by atoms with Gasteiger partial charge in [0.25, 0.3) is 0 Å². The summed E-state index contributed by atoms with van der Waals surface area (Å²) in [5, 5.41) is 7.15. The highest BCUT2D eigenvalue weighted by Crippen LogP contribution is 2.55. The van der Waals surface area contributed by atoms with Crippen LogP contribution in [-0.2, 0) is 5.41 Å². The average molecular weight is 284 g/mol. The maximum atomic E-state index is 4.90. The van der Waals surface area contributed by atoms with E-state index in [1.54, 1.807) is 0 Å². The molecular formula is C14H24N2S2. The number of nitrogens with one attached hydrogen (secondary N) is 1. The van der Waals surface area contributed by atoms with Gasteiger partial charge in [-0.15, -0.1) is 11.3 Å². The molecule has 1 N–H and O–H groups in total. The van der Waals surface area contributed by atoms with Crippen LogP contribution in [0.15, 0.2) is 5.38 Å². The second-order valence-corrected chi connectivity index (χ2v) is 8.19. The highest BCUT2D eigenvalue weighted by molar-refractivity contribution is 8.00. The fraction of sp³-hybridized carbons (Fsp3) is 0.786. The maximum absolute atomic E-state index is 4.90. The summed E-state index contributed by atoms with van der Waals surface area (Å²) in [7, 11) is 0. The molecular weight excluding hydrogens is 260 g/mol. The summed E-state index contributed by atoms with van der Waals surface area (Å²) in [6, 6.07) is 0.429. The number of hydrogen-bond acceptors (Lipinski definition) is 4. The summed E-state index contributed by atoms with van der Waals surface area (Å²) < 4.78 is 0.406. The van der Waals surface area contributed by atoms with Crippen molar-refractivity contribution >= 4 is 23.1 Å². The highest BCUT2D eigenvalue weighted by Gasteiger charge is 2.50. The Bertz CT molecular complexity index is 402. The smallest absolute Gasteiger partial charge is 0.111 e. The quantitative estimate of drug-likeness (QED) is 0.885. The minimum atomic E-state index is 0.154. The van der Waals surface area contributed by atoms with E-state index >= 15 is 0 Å². The molecule has 18 heavy (non-hydrogen) atoms. The van der Waals surface area contributed by atoms with Crippen molar-refractivity contribution < 1.29 is 0 Å². The Morgan fingerprint density at radius 1 is 1.50 bits per heavy atom. The first kappa shape index (κ1) is 14.4. The lowest BCUT2D eigenvalue weighted by molar-refractivity contribution is 0.511. The summed E-state index contributed by atoms with van der Waals surface area (Å²) in [4.78, 5) is 4.90. The van der Waals surface area contributed by atoms with Crippen molar-refractivity contribution in [3.8, 4) is 0 Å². The molecule has 2 rings (SSSR count). The molecule has 1 heterocycles. The predicted molar refractivity (Wildman–Crippen MR) is 82.7 cm³/mol. The lowest BCUT2D eigenvalue weighted by Crippen LogP contribution is -2.31. The van der Waals surface area contributed by atoms with E-state index in [2.05, 4.69) is 44.6 Å². The van der Waals surface area contributed by atoms with E-state index in [0.29, 0.717) is 10.8 Å². The van der Waals surface area contributed by atoms with Gasteiger partial charge in [0.05, 0.1) is 11.7 Å². The van der Waals surface area contributed by atoms with Crippen LogP contribution in [-0.4, -0.2) is 22.5 Å². The molecule has 1 atom stereocenters. The van der Waals surface area contributed by atoms with Crippen molar-refractivity contribution in [2.75, 3.05) is 12.8 Å². The highest BCUT2D eigenvalue weighted by atomic mass is 32.2. The standard InChI is InChI=1S/C14H24N2S2/c1-6-15-11(14(17-5)7-8-14)12-16-10(9-18-12)13(2,3)4/h9,11,15H,6-8H2,1-5H3. The van der Waals surface area contributed by atoms with E-state index < -0.39 is 0 Å². The van der Waals surface area contributed by atoms with E-state index in [4.69, 9.17) is 4.98 Å². The third kappa shape index (κ3) is 2.75. The SMILES string of the molecule is CCNC(c1nc(C(C)(C)C)cs1)C1(SC)CC1. The molecule has 1 aliphatic rings. The molecule has 0 bridgehead atoms. The molecule has 0 amide bonds. The fourth-order valence-electron chi connectivity index (χ4n) is 2.20. The minimum Gasteiger partial charge on any atom is -0.307 e. The molecule has 2 nitrogen and oxygen atoms in total. The zero-order valence-electron chi connectivity index (χ0n) is 12.0. The summed E-state index contributed by atoms with van der Waals surface area (Å²) in [5.74, 6) is 0. The zero-order valence-corrected chi connectivity index (χ0v) is 13.7. The molecule has 0 aromatic carbocycles. The van der Waals surface area contributed by atoms with E-state index in [-0.39, 0.29) is 5.41 Å². The van der Waals surface area contributed by atoms with Gasteiger partial charge in [0.2, 0.25) is 0 Å². The molecule has 1 unspecified atom stereocenters. The largest absolute Gasteiger partial charge is 0.307 e. The molecule has 1 aliphatic carbocycles. The van der Waals surface area contributed by atoms with Gasteiger partial charge in [-0.05, 0) is 25.6 Å².